The molecule has 7 nitrogen and oxygen atoms in total. The van der Waals surface area contributed by atoms with Gasteiger partial charge in [0.15, 0.2) is 0 Å². The normalized spacial score (nSPS) is 12.2. The summed E-state index contributed by atoms with van der Waals surface area (Å²) >= 11 is 0. The Morgan fingerprint density at radius 3 is 2.24 bits per heavy atom. The van der Waals surface area contributed by atoms with Crippen LogP contribution in [0, 0.1) is 19.7 Å². The molecule has 1 N–H and O–H groups in total. The van der Waals surface area contributed by atoms with Gasteiger partial charge in [-0.05, 0) is 74.1 Å². The maximum absolute atomic E-state index is 13.4. The standard InChI is InChI=1S/C28H40FN3O4S/c1-6-8-17-30-28(34)26(7-2)31(20-23-12-14-24(29)15-13-23)27(33)10-9-18-32(37(5,35)36)25-16-11-21(3)22(4)19-25/h11-16,19,26H,6-10,17-18,20H2,1-5H3,(H,30,34). The van der Waals surface area contributed by atoms with Crippen LogP contribution in [0.25, 0.3) is 0 Å². The molecule has 0 aliphatic carbocycles. The quantitative estimate of drug-likeness (QED) is 0.356. The Kier molecular flexibility index (Phi) is 11.6. The van der Waals surface area contributed by atoms with Crippen LogP contribution in [0.1, 0.15) is 62.6 Å². The molecule has 204 valence electrons. The SMILES string of the molecule is CCCCNC(=O)C(CC)N(Cc1ccc(F)cc1)C(=O)CCCN(c1ccc(C)c(C)c1)S(C)(=O)=O. The van der Waals surface area contributed by atoms with Crippen LogP contribution in [-0.2, 0) is 26.2 Å². The number of unbranched alkanes of at least 4 members (excludes halogenated alkanes) is 1. The fourth-order valence-electron chi connectivity index (χ4n) is 4.10. The van der Waals surface area contributed by atoms with Crippen LogP contribution >= 0.6 is 0 Å². The van der Waals surface area contributed by atoms with Gasteiger partial charge in [0.05, 0.1) is 11.9 Å². The molecular weight excluding hydrogens is 493 g/mol. The van der Waals surface area contributed by atoms with Crippen LogP contribution < -0.4 is 9.62 Å². The highest BCUT2D eigenvalue weighted by Crippen LogP contribution is 2.22. The summed E-state index contributed by atoms with van der Waals surface area (Å²) in [6, 6.07) is 10.6. The Hall–Kier alpha value is -2.94. The molecule has 0 aromatic heterocycles. The molecule has 1 unspecified atom stereocenters. The number of anilines is 1. The molecule has 0 saturated heterocycles. The van der Waals surface area contributed by atoms with Gasteiger partial charge in [-0.15, -0.1) is 0 Å². The fraction of sp³-hybridized carbons (Fsp3) is 0.500. The number of nitrogens with one attached hydrogen (secondary N) is 1. The van der Waals surface area contributed by atoms with Crippen molar-refractivity contribution in [1.29, 1.82) is 0 Å². The molecule has 2 aromatic rings. The summed E-state index contributed by atoms with van der Waals surface area (Å²) in [6.45, 7) is 8.59. The van der Waals surface area contributed by atoms with Crippen LogP contribution in [0.15, 0.2) is 42.5 Å². The molecule has 37 heavy (non-hydrogen) atoms. The summed E-state index contributed by atoms with van der Waals surface area (Å²) in [7, 11) is -3.56. The predicted octanol–water partition coefficient (Wildman–Crippen LogP) is 4.71. The molecule has 0 bridgehead atoms. The summed E-state index contributed by atoms with van der Waals surface area (Å²) in [4.78, 5) is 27.9. The summed E-state index contributed by atoms with van der Waals surface area (Å²) in [5.74, 6) is -0.854. The van der Waals surface area contributed by atoms with Gasteiger partial charge in [0, 0.05) is 26.1 Å². The maximum Gasteiger partial charge on any atom is 0.242 e. The zero-order valence-corrected chi connectivity index (χ0v) is 23.4. The molecule has 2 amide bonds. The summed E-state index contributed by atoms with van der Waals surface area (Å²) in [5.41, 5.74) is 3.31. The molecule has 9 heteroatoms. The lowest BCUT2D eigenvalue weighted by molar-refractivity contribution is -0.141. The Labute approximate surface area is 221 Å². The third-order valence-corrected chi connectivity index (χ3v) is 7.61. The third kappa shape index (κ3) is 9.14. The summed E-state index contributed by atoms with van der Waals surface area (Å²) in [5, 5.41) is 2.91. The number of carbonyl (C=O) groups excluding carboxylic acids is 2. The van der Waals surface area contributed by atoms with Gasteiger partial charge < -0.3 is 10.2 Å². The number of halogens is 1. The van der Waals surface area contributed by atoms with E-state index in [0.717, 1.165) is 30.2 Å². The van der Waals surface area contributed by atoms with E-state index in [1.807, 2.05) is 39.8 Å². The molecule has 0 fully saturated rings. The highest BCUT2D eigenvalue weighted by molar-refractivity contribution is 7.92. The van der Waals surface area contributed by atoms with Crippen molar-refractivity contribution in [2.75, 3.05) is 23.7 Å². The molecule has 0 heterocycles. The number of nitrogens with zero attached hydrogens (tertiary/aromatic N) is 2. The number of hydrogen-bond donors (Lipinski definition) is 1. The molecule has 0 aliphatic heterocycles. The molecule has 2 rings (SSSR count). The van der Waals surface area contributed by atoms with Gasteiger partial charge >= 0.3 is 0 Å². The van der Waals surface area contributed by atoms with E-state index in [2.05, 4.69) is 5.32 Å². The Balaban J connectivity index is 2.20. The van der Waals surface area contributed by atoms with Gasteiger partial charge in [-0.2, -0.15) is 0 Å². The van der Waals surface area contributed by atoms with E-state index in [1.165, 1.54) is 21.3 Å². The van der Waals surface area contributed by atoms with Gasteiger partial charge in [0.25, 0.3) is 0 Å². The van der Waals surface area contributed by atoms with E-state index < -0.39 is 16.1 Å². The van der Waals surface area contributed by atoms with Crippen LogP contribution in [0.2, 0.25) is 0 Å². The topological polar surface area (TPSA) is 86.8 Å². The van der Waals surface area contributed by atoms with Crippen molar-refractivity contribution in [3.63, 3.8) is 0 Å². The molecule has 0 aliphatic rings. The van der Waals surface area contributed by atoms with Crippen LogP contribution in [0.5, 0.6) is 0 Å². The van der Waals surface area contributed by atoms with Crippen molar-refractivity contribution < 1.29 is 22.4 Å². The van der Waals surface area contributed by atoms with Crippen molar-refractivity contribution in [3.8, 4) is 0 Å². The average molecular weight is 534 g/mol. The minimum Gasteiger partial charge on any atom is -0.354 e. The second-order valence-corrected chi connectivity index (χ2v) is 11.3. The maximum atomic E-state index is 13.4. The van der Waals surface area contributed by atoms with Crippen LogP contribution in [0.3, 0.4) is 0 Å². The van der Waals surface area contributed by atoms with Gasteiger partial charge in [-0.25, -0.2) is 12.8 Å². The van der Waals surface area contributed by atoms with Crippen molar-refractivity contribution >= 4 is 27.5 Å². The highest BCUT2D eigenvalue weighted by Gasteiger charge is 2.28. The van der Waals surface area contributed by atoms with Gasteiger partial charge in [0.2, 0.25) is 21.8 Å². The number of sulfonamides is 1. The number of amides is 2. The van der Waals surface area contributed by atoms with E-state index in [9.17, 15) is 22.4 Å². The molecule has 2 aromatic carbocycles. The number of hydrogen-bond acceptors (Lipinski definition) is 4. The van der Waals surface area contributed by atoms with Crippen molar-refractivity contribution in [2.24, 2.45) is 0 Å². The molecular formula is C28H40FN3O4S. The molecule has 0 radical (unpaired) electrons. The lowest BCUT2D eigenvalue weighted by Crippen LogP contribution is -2.49. The van der Waals surface area contributed by atoms with E-state index in [1.54, 1.807) is 18.2 Å². The zero-order chi connectivity index (χ0) is 27.6. The number of carbonyl (C=O) groups is 2. The number of rotatable bonds is 14. The minimum atomic E-state index is -3.56. The lowest BCUT2D eigenvalue weighted by Gasteiger charge is -2.31. The van der Waals surface area contributed by atoms with Crippen LogP contribution in [-0.4, -0.2) is 50.5 Å². The summed E-state index contributed by atoms with van der Waals surface area (Å²) < 4.78 is 39.8. The Bertz CT molecular complexity index is 1150. The minimum absolute atomic E-state index is 0.0663. The fourth-order valence-corrected chi connectivity index (χ4v) is 5.05. The van der Waals surface area contributed by atoms with E-state index >= 15 is 0 Å². The van der Waals surface area contributed by atoms with E-state index in [4.69, 9.17) is 0 Å². The van der Waals surface area contributed by atoms with Crippen molar-refractivity contribution in [1.82, 2.24) is 10.2 Å². The highest BCUT2D eigenvalue weighted by atomic mass is 32.2. The van der Waals surface area contributed by atoms with E-state index in [-0.39, 0.29) is 43.6 Å². The third-order valence-electron chi connectivity index (χ3n) is 6.41. The van der Waals surface area contributed by atoms with Crippen molar-refractivity contribution in [3.05, 3.63) is 65.0 Å². The van der Waals surface area contributed by atoms with Crippen molar-refractivity contribution in [2.45, 2.75) is 72.4 Å². The monoisotopic (exact) mass is 533 g/mol. The first-order valence-corrected chi connectivity index (χ1v) is 14.7. The Morgan fingerprint density at radius 1 is 1.00 bits per heavy atom. The van der Waals surface area contributed by atoms with Gasteiger partial charge in [-0.3, -0.25) is 13.9 Å². The molecule has 1 atom stereocenters. The lowest BCUT2D eigenvalue weighted by atomic mass is 10.1. The predicted molar refractivity (Wildman–Crippen MR) is 146 cm³/mol. The average Bonchev–Trinajstić information content (AvgIpc) is 2.84. The number of aryl methyl sites for hydroxylation is 2. The Morgan fingerprint density at radius 2 is 1.68 bits per heavy atom. The van der Waals surface area contributed by atoms with E-state index in [0.29, 0.717) is 24.2 Å². The number of benzene rings is 2. The first-order chi connectivity index (χ1) is 17.5. The summed E-state index contributed by atoms with van der Waals surface area (Å²) in [6.07, 6.45) is 3.70. The zero-order valence-electron chi connectivity index (χ0n) is 22.6. The van der Waals surface area contributed by atoms with Gasteiger partial charge in [0.1, 0.15) is 11.9 Å². The van der Waals surface area contributed by atoms with Gasteiger partial charge in [-0.1, -0.05) is 38.5 Å². The smallest absolute Gasteiger partial charge is 0.242 e. The van der Waals surface area contributed by atoms with Crippen LogP contribution in [0.4, 0.5) is 10.1 Å². The largest absolute Gasteiger partial charge is 0.354 e. The second kappa shape index (κ2) is 14.1. The first-order valence-electron chi connectivity index (χ1n) is 12.8. The first kappa shape index (κ1) is 30.3. The molecule has 0 saturated carbocycles. The molecule has 0 spiro atoms. The second-order valence-electron chi connectivity index (χ2n) is 9.42.